The molecule has 1 unspecified atom stereocenters. The largest absolute Gasteiger partial charge is 0.397 e. The van der Waals surface area contributed by atoms with Gasteiger partial charge in [-0.1, -0.05) is 13.8 Å². The van der Waals surface area contributed by atoms with Gasteiger partial charge in [0.2, 0.25) is 11.8 Å². The second-order valence-electron chi connectivity index (χ2n) is 5.12. The highest BCUT2D eigenvalue weighted by molar-refractivity contribution is 5.88. The van der Waals surface area contributed by atoms with Gasteiger partial charge in [0.25, 0.3) is 0 Å². The Kier molecular flexibility index (Phi) is 5.96. The summed E-state index contributed by atoms with van der Waals surface area (Å²) in [5.41, 5.74) is 6.71. The summed E-state index contributed by atoms with van der Waals surface area (Å²) in [5.74, 6) is -0.0962. The lowest BCUT2D eigenvalue weighted by Gasteiger charge is -2.19. The Balaban J connectivity index is 2.61. The van der Waals surface area contributed by atoms with Crippen LogP contribution in [0.2, 0.25) is 0 Å². The summed E-state index contributed by atoms with van der Waals surface area (Å²) >= 11 is 0. The molecule has 0 radical (unpaired) electrons. The summed E-state index contributed by atoms with van der Waals surface area (Å²) in [6.45, 7) is 4.01. The number of nitrogen functional groups attached to an aromatic ring is 1. The van der Waals surface area contributed by atoms with Gasteiger partial charge in [0.05, 0.1) is 18.3 Å². The third-order valence-corrected chi connectivity index (χ3v) is 2.79. The predicted octanol–water partition coefficient (Wildman–Crippen LogP) is 0.483. The molecule has 20 heavy (non-hydrogen) atoms. The summed E-state index contributed by atoms with van der Waals surface area (Å²) in [7, 11) is 1.56. The highest BCUT2D eigenvalue weighted by Gasteiger charge is 2.20. The van der Waals surface area contributed by atoms with Crippen LogP contribution in [0.4, 0.5) is 5.69 Å². The van der Waals surface area contributed by atoms with E-state index in [4.69, 9.17) is 5.73 Å². The number of rotatable bonds is 6. The monoisotopic (exact) mass is 278 g/mol. The van der Waals surface area contributed by atoms with E-state index in [-0.39, 0.29) is 18.2 Å². The maximum atomic E-state index is 11.9. The van der Waals surface area contributed by atoms with Crippen LogP contribution in [0.3, 0.4) is 0 Å². The topological polar surface area (TPSA) is 97.1 Å². The fourth-order valence-corrected chi connectivity index (χ4v) is 1.83. The molecule has 0 aliphatic carbocycles. The van der Waals surface area contributed by atoms with Crippen LogP contribution >= 0.6 is 0 Å². The van der Waals surface area contributed by atoms with Crippen molar-refractivity contribution in [1.29, 1.82) is 0 Å². The quantitative estimate of drug-likeness (QED) is 0.705. The fourth-order valence-electron chi connectivity index (χ4n) is 1.83. The summed E-state index contributed by atoms with van der Waals surface area (Å²) in [6, 6.07) is 2.88. The maximum Gasteiger partial charge on any atom is 0.242 e. The van der Waals surface area contributed by atoms with Crippen molar-refractivity contribution in [3.05, 3.63) is 24.0 Å². The van der Waals surface area contributed by atoms with E-state index in [0.29, 0.717) is 23.7 Å². The molecule has 2 amide bonds. The molecule has 1 rings (SSSR count). The summed E-state index contributed by atoms with van der Waals surface area (Å²) < 4.78 is 0. The maximum absolute atomic E-state index is 11.9. The van der Waals surface area contributed by atoms with Crippen LogP contribution in [-0.4, -0.2) is 29.9 Å². The van der Waals surface area contributed by atoms with Gasteiger partial charge in [-0.2, -0.15) is 0 Å². The van der Waals surface area contributed by atoms with Gasteiger partial charge in [-0.25, -0.2) is 0 Å². The summed E-state index contributed by atoms with van der Waals surface area (Å²) in [5, 5.41) is 5.30. The molecular weight excluding hydrogens is 256 g/mol. The zero-order chi connectivity index (χ0) is 15.1. The lowest BCUT2D eigenvalue weighted by Crippen LogP contribution is -2.46. The van der Waals surface area contributed by atoms with E-state index in [1.807, 2.05) is 13.8 Å². The average molecular weight is 278 g/mol. The molecule has 0 fully saturated rings. The van der Waals surface area contributed by atoms with E-state index in [0.717, 1.165) is 0 Å². The first-order chi connectivity index (χ1) is 9.42. The van der Waals surface area contributed by atoms with Crippen LogP contribution in [0.25, 0.3) is 0 Å². The number of nitrogens with zero attached hydrogens (tertiary/aromatic N) is 1. The minimum atomic E-state index is -0.513. The SMILES string of the molecule is CNC(=O)C(CC(C)C)NC(=O)Cc1ccc(N)cn1. The Morgan fingerprint density at radius 2 is 2.05 bits per heavy atom. The van der Waals surface area contributed by atoms with Gasteiger partial charge in [-0.05, 0) is 24.5 Å². The number of likely N-dealkylation sites (N-methyl/N-ethyl adjacent to an activating group) is 1. The van der Waals surface area contributed by atoms with Crippen molar-refractivity contribution >= 4 is 17.5 Å². The van der Waals surface area contributed by atoms with Crippen molar-refractivity contribution in [2.75, 3.05) is 12.8 Å². The van der Waals surface area contributed by atoms with Crippen LogP contribution in [0.15, 0.2) is 18.3 Å². The van der Waals surface area contributed by atoms with E-state index in [9.17, 15) is 9.59 Å². The third-order valence-electron chi connectivity index (χ3n) is 2.79. The van der Waals surface area contributed by atoms with Crippen molar-refractivity contribution in [2.24, 2.45) is 5.92 Å². The van der Waals surface area contributed by atoms with Gasteiger partial charge in [-0.15, -0.1) is 0 Å². The van der Waals surface area contributed by atoms with Crippen molar-refractivity contribution < 1.29 is 9.59 Å². The minimum absolute atomic E-state index is 0.131. The van der Waals surface area contributed by atoms with Crippen molar-refractivity contribution in [3.63, 3.8) is 0 Å². The van der Waals surface area contributed by atoms with Gasteiger partial charge in [0, 0.05) is 12.7 Å². The normalized spacial score (nSPS) is 12.0. The number of anilines is 1. The summed E-state index contributed by atoms with van der Waals surface area (Å²) in [6.07, 6.45) is 2.24. The zero-order valence-corrected chi connectivity index (χ0v) is 12.1. The Morgan fingerprint density at radius 3 is 2.55 bits per heavy atom. The minimum Gasteiger partial charge on any atom is -0.397 e. The van der Waals surface area contributed by atoms with E-state index in [1.165, 1.54) is 6.20 Å². The first-order valence-electron chi connectivity index (χ1n) is 6.63. The molecule has 0 saturated heterocycles. The molecule has 0 saturated carbocycles. The number of carbonyl (C=O) groups excluding carboxylic acids is 2. The van der Waals surface area contributed by atoms with Crippen LogP contribution in [0.1, 0.15) is 26.0 Å². The summed E-state index contributed by atoms with van der Waals surface area (Å²) in [4.78, 5) is 27.7. The Hall–Kier alpha value is -2.11. The number of hydrogen-bond acceptors (Lipinski definition) is 4. The Morgan fingerprint density at radius 1 is 1.35 bits per heavy atom. The number of aromatic nitrogens is 1. The van der Waals surface area contributed by atoms with Crippen molar-refractivity contribution in [3.8, 4) is 0 Å². The molecule has 6 heteroatoms. The molecule has 0 aliphatic heterocycles. The van der Waals surface area contributed by atoms with Crippen LogP contribution in [0.5, 0.6) is 0 Å². The molecule has 1 aromatic heterocycles. The van der Waals surface area contributed by atoms with Crippen molar-refractivity contribution in [1.82, 2.24) is 15.6 Å². The van der Waals surface area contributed by atoms with Crippen LogP contribution in [-0.2, 0) is 16.0 Å². The number of nitrogens with two attached hydrogens (primary N) is 1. The first kappa shape index (κ1) is 15.9. The lowest BCUT2D eigenvalue weighted by atomic mass is 10.0. The number of carbonyl (C=O) groups is 2. The molecule has 0 aliphatic rings. The van der Waals surface area contributed by atoms with Gasteiger partial charge in [0.1, 0.15) is 6.04 Å². The predicted molar refractivity (Wildman–Crippen MR) is 77.8 cm³/mol. The van der Waals surface area contributed by atoms with Crippen molar-refractivity contribution in [2.45, 2.75) is 32.7 Å². The number of nitrogens with one attached hydrogen (secondary N) is 2. The molecule has 0 aromatic carbocycles. The highest BCUT2D eigenvalue weighted by Crippen LogP contribution is 2.06. The van der Waals surface area contributed by atoms with E-state index in [1.54, 1.807) is 19.2 Å². The number of hydrogen-bond donors (Lipinski definition) is 3. The number of pyridine rings is 1. The standard InChI is InChI=1S/C14H22N4O2/c1-9(2)6-12(14(20)16-3)18-13(19)7-11-5-4-10(15)8-17-11/h4-5,8-9,12H,6-7,15H2,1-3H3,(H,16,20)(H,18,19). The molecular formula is C14H22N4O2. The number of amides is 2. The molecule has 0 bridgehead atoms. The van der Waals surface area contributed by atoms with Gasteiger partial charge < -0.3 is 16.4 Å². The van der Waals surface area contributed by atoms with Gasteiger partial charge in [-0.3, -0.25) is 14.6 Å². The van der Waals surface area contributed by atoms with Gasteiger partial charge in [0.15, 0.2) is 0 Å². The highest BCUT2D eigenvalue weighted by atomic mass is 16.2. The Bertz CT molecular complexity index is 457. The molecule has 4 N–H and O–H groups in total. The molecule has 1 heterocycles. The van der Waals surface area contributed by atoms with Crippen LogP contribution in [0, 0.1) is 5.92 Å². The lowest BCUT2D eigenvalue weighted by molar-refractivity contribution is -0.128. The molecule has 0 spiro atoms. The molecule has 110 valence electrons. The zero-order valence-electron chi connectivity index (χ0n) is 12.1. The average Bonchev–Trinajstić information content (AvgIpc) is 2.39. The smallest absolute Gasteiger partial charge is 0.242 e. The molecule has 1 atom stereocenters. The van der Waals surface area contributed by atoms with E-state index >= 15 is 0 Å². The second-order valence-corrected chi connectivity index (χ2v) is 5.12. The van der Waals surface area contributed by atoms with E-state index in [2.05, 4.69) is 15.6 Å². The van der Waals surface area contributed by atoms with Crippen LogP contribution < -0.4 is 16.4 Å². The Labute approximate surface area is 119 Å². The first-order valence-corrected chi connectivity index (χ1v) is 6.63. The molecule has 1 aromatic rings. The fraction of sp³-hybridized carbons (Fsp3) is 0.500. The van der Waals surface area contributed by atoms with E-state index < -0.39 is 6.04 Å². The van der Waals surface area contributed by atoms with Gasteiger partial charge >= 0.3 is 0 Å². The molecule has 6 nitrogen and oxygen atoms in total. The third kappa shape index (κ3) is 5.26. The second kappa shape index (κ2) is 7.47.